The van der Waals surface area contributed by atoms with Crippen molar-refractivity contribution >= 4 is 9.84 Å². The Balaban J connectivity index is 2.72. The number of ether oxygens (including phenoxy) is 1. The van der Waals surface area contributed by atoms with Crippen molar-refractivity contribution in [2.75, 3.05) is 13.4 Å². The van der Waals surface area contributed by atoms with Gasteiger partial charge in [-0.25, -0.2) is 8.42 Å². The third-order valence-corrected chi connectivity index (χ3v) is 4.13. The summed E-state index contributed by atoms with van der Waals surface area (Å²) < 4.78 is 27.7. The van der Waals surface area contributed by atoms with Gasteiger partial charge in [-0.05, 0) is 12.8 Å². The van der Waals surface area contributed by atoms with Crippen LogP contribution in [0.3, 0.4) is 0 Å². The van der Waals surface area contributed by atoms with E-state index in [1.165, 1.54) is 6.26 Å². The van der Waals surface area contributed by atoms with Gasteiger partial charge in [0.05, 0.1) is 11.4 Å². The highest BCUT2D eigenvalue weighted by molar-refractivity contribution is 7.91. The van der Waals surface area contributed by atoms with Gasteiger partial charge >= 0.3 is 0 Å². The normalized spacial score (nSPS) is 31.8. The molecule has 1 fully saturated rings. The smallest absolute Gasteiger partial charge is 0.152 e. The van der Waals surface area contributed by atoms with Gasteiger partial charge in [0.25, 0.3) is 0 Å². The van der Waals surface area contributed by atoms with Crippen LogP contribution in [0.4, 0.5) is 0 Å². The molecule has 0 aromatic carbocycles. The summed E-state index contributed by atoms with van der Waals surface area (Å²) in [6.07, 6.45) is 4.97. The summed E-state index contributed by atoms with van der Waals surface area (Å²) in [7, 11) is -1.32. The molecule has 12 heavy (non-hydrogen) atoms. The van der Waals surface area contributed by atoms with Crippen LogP contribution in [0.5, 0.6) is 0 Å². The molecule has 1 rings (SSSR count). The van der Waals surface area contributed by atoms with E-state index in [9.17, 15) is 8.42 Å². The maximum absolute atomic E-state index is 11.3. The van der Waals surface area contributed by atoms with E-state index in [2.05, 4.69) is 0 Å². The summed E-state index contributed by atoms with van der Waals surface area (Å²) in [5.41, 5.74) is 0. The van der Waals surface area contributed by atoms with Crippen LogP contribution in [0.25, 0.3) is 0 Å². The number of rotatable bonds is 2. The Kier molecular flexibility index (Phi) is 3.12. The molecular formula is C8H16O3S. The Morgan fingerprint density at radius 3 is 2.25 bits per heavy atom. The Bertz CT molecular complexity index is 233. The van der Waals surface area contributed by atoms with Gasteiger partial charge in [-0.2, -0.15) is 0 Å². The molecule has 3 nitrogen and oxygen atoms in total. The minimum absolute atomic E-state index is 0.0752. The lowest BCUT2D eigenvalue weighted by Crippen LogP contribution is -2.37. The van der Waals surface area contributed by atoms with E-state index in [1.807, 2.05) is 0 Å². The molecule has 4 heteroatoms. The first-order chi connectivity index (χ1) is 5.55. The van der Waals surface area contributed by atoms with Crippen molar-refractivity contribution < 1.29 is 13.2 Å². The van der Waals surface area contributed by atoms with E-state index in [0.29, 0.717) is 0 Å². The molecule has 1 aliphatic carbocycles. The van der Waals surface area contributed by atoms with Crippen LogP contribution >= 0.6 is 0 Å². The quantitative estimate of drug-likeness (QED) is 0.655. The van der Waals surface area contributed by atoms with Crippen molar-refractivity contribution in [3.63, 3.8) is 0 Å². The highest BCUT2D eigenvalue weighted by atomic mass is 32.2. The second-order valence-corrected chi connectivity index (χ2v) is 5.69. The monoisotopic (exact) mass is 192 g/mol. The highest BCUT2D eigenvalue weighted by Gasteiger charge is 2.32. The van der Waals surface area contributed by atoms with Gasteiger partial charge in [0.1, 0.15) is 0 Å². The molecule has 0 amide bonds. The fourth-order valence-corrected chi connectivity index (χ4v) is 3.22. The zero-order valence-corrected chi connectivity index (χ0v) is 8.43. The van der Waals surface area contributed by atoms with E-state index in [0.717, 1.165) is 25.7 Å². The zero-order chi connectivity index (χ0) is 9.19. The average Bonchev–Trinajstić information content (AvgIpc) is 2.03. The summed E-state index contributed by atoms with van der Waals surface area (Å²) >= 11 is 0. The minimum atomic E-state index is -2.91. The molecule has 0 heterocycles. The number of methoxy groups -OCH3 is 1. The van der Waals surface area contributed by atoms with Gasteiger partial charge in [-0.15, -0.1) is 0 Å². The Labute approximate surface area is 74.0 Å². The van der Waals surface area contributed by atoms with Gasteiger partial charge in [0.15, 0.2) is 9.84 Å². The van der Waals surface area contributed by atoms with Gasteiger partial charge in [0, 0.05) is 13.4 Å². The second kappa shape index (κ2) is 3.75. The van der Waals surface area contributed by atoms with Crippen LogP contribution in [0.15, 0.2) is 0 Å². The molecule has 0 spiro atoms. The lowest BCUT2D eigenvalue weighted by molar-refractivity contribution is 0.0739. The van der Waals surface area contributed by atoms with E-state index >= 15 is 0 Å². The molecule has 0 bridgehead atoms. The van der Waals surface area contributed by atoms with Crippen LogP contribution in [0.2, 0.25) is 0 Å². The summed E-state index contributed by atoms with van der Waals surface area (Å²) in [5.74, 6) is 0. The van der Waals surface area contributed by atoms with Crippen LogP contribution in [-0.2, 0) is 14.6 Å². The van der Waals surface area contributed by atoms with Gasteiger partial charge < -0.3 is 4.74 Å². The van der Waals surface area contributed by atoms with Crippen molar-refractivity contribution in [2.24, 2.45) is 0 Å². The number of hydrogen-bond donors (Lipinski definition) is 0. The fourth-order valence-electron chi connectivity index (χ4n) is 1.82. The molecule has 0 aliphatic heterocycles. The molecule has 1 saturated carbocycles. The Morgan fingerprint density at radius 1 is 1.25 bits per heavy atom. The first-order valence-corrected chi connectivity index (χ1v) is 6.23. The highest BCUT2D eigenvalue weighted by Crippen LogP contribution is 2.25. The van der Waals surface area contributed by atoms with Gasteiger partial charge in [0.2, 0.25) is 0 Å². The molecule has 0 radical (unpaired) electrons. The van der Waals surface area contributed by atoms with Crippen molar-refractivity contribution in [3.05, 3.63) is 0 Å². The maximum Gasteiger partial charge on any atom is 0.152 e. The largest absolute Gasteiger partial charge is 0.380 e. The molecule has 72 valence electrons. The molecule has 2 atom stereocenters. The SMILES string of the molecule is CO[C@@H]1CCCC[C@H]1S(C)(=O)=O. The second-order valence-electron chi connectivity index (χ2n) is 3.43. The van der Waals surface area contributed by atoms with Crippen LogP contribution in [0, 0.1) is 0 Å². The van der Waals surface area contributed by atoms with Crippen molar-refractivity contribution in [2.45, 2.75) is 37.0 Å². The molecular weight excluding hydrogens is 176 g/mol. The predicted octanol–water partition coefficient (Wildman–Crippen LogP) is 0.989. The summed E-state index contributed by atoms with van der Waals surface area (Å²) in [6.45, 7) is 0. The summed E-state index contributed by atoms with van der Waals surface area (Å²) in [4.78, 5) is 0. The number of sulfone groups is 1. The lowest BCUT2D eigenvalue weighted by Gasteiger charge is -2.28. The number of hydrogen-bond acceptors (Lipinski definition) is 3. The van der Waals surface area contributed by atoms with Gasteiger partial charge in [-0.1, -0.05) is 12.8 Å². The molecule has 0 unspecified atom stereocenters. The molecule has 0 aromatic rings. The standard InChI is InChI=1S/C8H16O3S/c1-11-7-5-3-4-6-8(7)12(2,9)10/h7-8H,3-6H2,1-2H3/t7-,8-/m1/s1. The third kappa shape index (κ3) is 2.20. The minimum Gasteiger partial charge on any atom is -0.380 e. The van der Waals surface area contributed by atoms with E-state index in [4.69, 9.17) is 4.74 Å². The molecule has 1 aliphatic rings. The van der Waals surface area contributed by atoms with E-state index in [1.54, 1.807) is 7.11 Å². The zero-order valence-electron chi connectivity index (χ0n) is 7.62. The van der Waals surface area contributed by atoms with E-state index in [-0.39, 0.29) is 11.4 Å². The topological polar surface area (TPSA) is 43.4 Å². The van der Waals surface area contributed by atoms with Crippen LogP contribution in [0.1, 0.15) is 25.7 Å². The third-order valence-electron chi connectivity index (χ3n) is 2.49. The predicted molar refractivity (Wildman–Crippen MR) is 47.9 cm³/mol. The molecule has 0 N–H and O–H groups in total. The van der Waals surface area contributed by atoms with Crippen molar-refractivity contribution in [1.29, 1.82) is 0 Å². The van der Waals surface area contributed by atoms with E-state index < -0.39 is 9.84 Å². The molecule has 0 aromatic heterocycles. The van der Waals surface area contributed by atoms with Crippen molar-refractivity contribution in [3.8, 4) is 0 Å². The van der Waals surface area contributed by atoms with Crippen molar-refractivity contribution in [1.82, 2.24) is 0 Å². The lowest BCUT2D eigenvalue weighted by atomic mass is 9.97. The summed E-state index contributed by atoms with van der Waals surface area (Å²) in [5, 5.41) is -0.267. The van der Waals surface area contributed by atoms with Crippen LogP contribution in [-0.4, -0.2) is 33.1 Å². The average molecular weight is 192 g/mol. The maximum atomic E-state index is 11.3. The Hall–Kier alpha value is -0.0900. The van der Waals surface area contributed by atoms with Gasteiger partial charge in [-0.3, -0.25) is 0 Å². The summed E-state index contributed by atoms with van der Waals surface area (Å²) in [6, 6.07) is 0. The first kappa shape index (κ1) is 9.99. The fraction of sp³-hybridized carbons (Fsp3) is 1.00. The Morgan fingerprint density at radius 2 is 1.83 bits per heavy atom. The van der Waals surface area contributed by atoms with Crippen LogP contribution < -0.4 is 0 Å². The first-order valence-electron chi connectivity index (χ1n) is 4.27. The molecule has 0 saturated heterocycles.